The minimum absolute atomic E-state index is 0.0685. The number of hydrogen-bond donors (Lipinski definition) is 2. The van der Waals surface area contributed by atoms with E-state index < -0.39 is 0 Å². The van der Waals surface area contributed by atoms with Crippen molar-refractivity contribution >= 4 is 11.6 Å². The highest BCUT2D eigenvalue weighted by Gasteiger charge is 2.19. The first-order valence-electron chi connectivity index (χ1n) is 6.11. The Morgan fingerprint density at radius 1 is 1.24 bits per heavy atom. The molecule has 2 N–H and O–H groups in total. The van der Waals surface area contributed by atoms with Crippen LogP contribution in [0.15, 0.2) is 18.2 Å². The molecule has 2 aliphatic heterocycles. The van der Waals surface area contributed by atoms with E-state index in [0.717, 1.165) is 42.9 Å². The first kappa shape index (κ1) is 10.6. The Kier molecular flexibility index (Phi) is 2.73. The van der Waals surface area contributed by atoms with E-state index in [4.69, 9.17) is 4.74 Å². The maximum atomic E-state index is 11.2. The summed E-state index contributed by atoms with van der Waals surface area (Å²) in [6.07, 6.45) is 2.88. The monoisotopic (exact) mass is 232 g/mol. The molecule has 2 heterocycles. The summed E-state index contributed by atoms with van der Waals surface area (Å²) < 4.78 is 5.94. The second-order valence-corrected chi connectivity index (χ2v) is 4.61. The summed E-state index contributed by atoms with van der Waals surface area (Å²) in [4.78, 5) is 11.2. The second kappa shape index (κ2) is 4.37. The molecule has 0 spiro atoms. The number of anilines is 1. The summed E-state index contributed by atoms with van der Waals surface area (Å²) in [5.74, 6) is 0.950. The molecule has 1 aromatic rings. The van der Waals surface area contributed by atoms with E-state index in [1.54, 1.807) is 0 Å². The first-order chi connectivity index (χ1) is 8.31. The third kappa shape index (κ3) is 2.26. The largest absolute Gasteiger partial charge is 0.490 e. The zero-order chi connectivity index (χ0) is 11.7. The van der Waals surface area contributed by atoms with Crippen LogP contribution in [-0.4, -0.2) is 25.1 Å². The van der Waals surface area contributed by atoms with Crippen molar-refractivity contribution in [2.24, 2.45) is 0 Å². The van der Waals surface area contributed by atoms with Gasteiger partial charge in [0.1, 0.15) is 11.9 Å². The molecular weight excluding hydrogens is 216 g/mol. The summed E-state index contributed by atoms with van der Waals surface area (Å²) in [6, 6.07) is 5.85. The van der Waals surface area contributed by atoms with E-state index in [1.807, 2.05) is 18.2 Å². The lowest BCUT2D eigenvalue weighted by molar-refractivity contribution is -0.115. The van der Waals surface area contributed by atoms with Gasteiger partial charge in [0.25, 0.3) is 0 Å². The fourth-order valence-electron chi connectivity index (χ4n) is 2.38. The summed E-state index contributed by atoms with van der Waals surface area (Å²) >= 11 is 0. The van der Waals surface area contributed by atoms with E-state index in [9.17, 15) is 4.79 Å². The molecule has 17 heavy (non-hydrogen) atoms. The molecule has 3 rings (SSSR count). The fraction of sp³-hybridized carbons (Fsp3) is 0.462. The molecule has 90 valence electrons. The molecule has 1 saturated heterocycles. The Hall–Kier alpha value is -1.55. The molecule has 4 heteroatoms. The van der Waals surface area contributed by atoms with Crippen molar-refractivity contribution < 1.29 is 9.53 Å². The van der Waals surface area contributed by atoms with Crippen molar-refractivity contribution in [2.45, 2.75) is 25.4 Å². The zero-order valence-electron chi connectivity index (χ0n) is 9.66. The quantitative estimate of drug-likeness (QED) is 0.808. The van der Waals surface area contributed by atoms with E-state index >= 15 is 0 Å². The predicted octanol–water partition coefficient (Wildman–Crippen LogP) is 1.31. The highest BCUT2D eigenvalue weighted by Crippen LogP contribution is 2.28. The standard InChI is InChI=1S/C13H16N2O2/c16-13-8-9-7-11(1-2-12(9)15-13)17-10-3-5-14-6-4-10/h1-2,7,10,14H,3-6,8H2,(H,15,16). The van der Waals surface area contributed by atoms with Crippen molar-refractivity contribution in [2.75, 3.05) is 18.4 Å². The minimum atomic E-state index is 0.0685. The molecule has 1 aromatic carbocycles. The van der Waals surface area contributed by atoms with E-state index in [-0.39, 0.29) is 5.91 Å². The molecule has 0 atom stereocenters. The van der Waals surface area contributed by atoms with Gasteiger partial charge in [0, 0.05) is 5.69 Å². The van der Waals surface area contributed by atoms with Crippen LogP contribution >= 0.6 is 0 Å². The van der Waals surface area contributed by atoms with Gasteiger partial charge >= 0.3 is 0 Å². The lowest BCUT2D eigenvalue weighted by atomic mass is 10.1. The van der Waals surface area contributed by atoms with Gasteiger partial charge < -0.3 is 15.4 Å². The first-order valence-corrected chi connectivity index (χ1v) is 6.11. The average molecular weight is 232 g/mol. The molecule has 0 aromatic heterocycles. The zero-order valence-corrected chi connectivity index (χ0v) is 9.66. The van der Waals surface area contributed by atoms with Gasteiger partial charge in [-0.2, -0.15) is 0 Å². The number of carbonyl (C=O) groups excluding carboxylic acids is 1. The van der Waals surface area contributed by atoms with Crippen LogP contribution in [0.1, 0.15) is 18.4 Å². The number of benzene rings is 1. The van der Waals surface area contributed by atoms with Crippen molar-refractivity contribution in [3.63, 3.8) is 0 Å². The summed E-state index contributed by atoms with van der Waals surface area (Å²) in [7, 11) is 0. The van der Waals surface area contributed by atoms with E-state index in [0.29, 0.717) is 12.5 Å². The van der Waals surface area contributed by atoms with Crippen LogP contribution in [0.4, 0.5) is 5.69 Å². The Labute approximate surface area is 100 Å². The number of hydrogen-bond acceptors (Lipinski definition) is 3. The normalized spacial score (nSPS) is 19.9. The molecule has 1 amide bonds. The fourth-order valence-corrected chi connectivity index (χ4v) is 2.38. The number of fused-ring (bicyclic) bond motifs is 1. The number of rotatable bonds is 2. The number of ether oxygens (including phenoxy) is 1. The average Bonchev–Trinajstić information content (AvgIpc) is 2.70. The SMILES string of the molecule is O=C1Cc2cc(OC3CCNCC3)ccc2N1. The number of amides is 1. The van der Waals surface area contributed by atoms with Gasteiger partial charge in [0.15, 0.2) is 0 Å². The van der Waals surface area contributed by atoms with Gasteiger partial charge in [-0.1, -0.05) is 0 Å². The Morgan fingerprint density at radius 3 is 2.88 bits per heavy atom. The van der Waals surface area contributed by atoms with Crippen LogP contribution in [0.2, 0.25) is 0 Å². The maximum absolute atomic E-state index is 11.2. The molecular formula is C13H16N2O2. The molecule has 0 bridgehead atoms. The number of piperidine rings is 1. The Balaban J connectivity index is 1.72. The molecule has 2 aliphatic rings. The summed E-state index contributed by atoms with van der Waals surface area (Å²) in [5, 5.41) is 6.14. The Bertz CT molecular complexity index is 439. The Morgan fingerprint density at radius 2 is 2.06 bits per heavy atom. The van der Waals surface area contributed by atoms with Gasteiger partial charge in [0.05, 0.1) is 6.42 Å². The number of carbonyl (C=O) groups is 1. The maximum Gasteiger partial charge on any atom is 0.228 e. The van der Waals surface area contributed by atoms with Crippen LogP contribution in [0.25, 0.3) is 0 Å². The van der Waals surface area contributed by atoms with Crippen molar-refractivity contribution in [3.8, 4) is 5.75 Å². The van der Waals surface area contributed by atoms with Crippen LogP contribution in [0, 0.1) is 0 Å². The van der Waals surface area contributed by atoms with Crippen molar-refractivity contribution in [1.29, 1.82) is 0 Å². The van der Waals surface area contributed by atoms with Crippen molar-refractivity contribution in [3.05, 3.63) is 23.8 Å². The van der Waals surface area contributed by atoms with Crippen LogP contribution in [0.3, 0.4) is 0 Å². The van der Waals surface area contributed by atoms with Crippen LogP contribution in [-0.2, 0) is 11.2 Å². The van der Waals surface area contributed by atoms with Gasteiger partial charge in [-0.3, -0.25) is 4.79 Å². The van der Waals surface area contributed by atoms with Gasteiger partial charge in [0.2, 0.25) is 5.91 Å². The molecule has 0 saturated carbocycles. The molecule has 0 radical (unpaired) electrons. The van der Waals surface area contributed by atoms with Gasteiger partial charge in [-0.05, 0) is 49.7 Å². The second-order valence-electron chi connectivity index (χ2n) is 4.61. The van der Waals surface area contributed by atoms with Crippen molar-refractivity contribution in [1.82, 2.24) is 5.32 Å². The lowest BCUT2D eigenvalue weighted by Crippen LogP contribution is -2.34. The highest BCUT2D eigenvalue weighted by molar-refractivity contribution is 5.99. The lowest BCUT2D eigenvalue weighted by Gasteiger charge is -2.24. The molecule has 0 unspecified atom stereocenters. The van der Waals surface area contributed by atoms with Crippen LogP contribution < -0.4 is 15.4 Å². The minimum Gasteiger partial charge on any atom is -0.490 e. The number of nitrogens with one attached hydrogen (secondary N) is 2. The van der Waals surface area contributed by atoms with E-state index in [2.05, 4.69) is 10.6 Å². The topological polar surface area (TPSA) is 50.4 Å². The van der Waals surface area contributed by atoms with E-state index in [1.165, 1.54) is 0 Å². The third-order valence-corrected chi connectivity index (χ3v) is 3.29. The molecule has 1 fully saturated rings. The third-order valence-electron chi connectivity index (χ3n) is 3.29. The molecule has 0 aliphatic carbocycles. The van der Waals surface area contributed by atoms with Crippen LogP contribution in [0.5, 0.6) is 5.75 Å². The van der Waals surface area contributed by atoms with Gasteiger partial charge in [-0.25, -0.2) is 0 Å². The summed E-state index contributed by atoms with van der Waals surface area (Å²) in [5.41, 5.74) is 1.97. The summed E-state index contributed by atoms with van der Waals surface area (Å²) in [6.45, 7) is 2.05. The highest BCUT2D eigenvalue weighted by atomic mass is 16.5. The smallest absolute Gasteiger partial charge is 0.228 e. The van der Waals surface area contributed by atoms with Gasteiger partial charge in [-0.15, -0.1) is 0 Å². The molecule has 4 nitrogen and oxygen atoms in total. The predicted molar refractivity (Wildman–Crippen MR) is 65.3 cm³/mol.